The first kappa shape index (κ1) is 9.36. The van der Waals surface area contributed by atoms with Gasteiger partial charge in [-0.1, -0.05) is 23.2 Å². The lowest BCUT2D eigenvalue weighted by atomic mass is 10.9. The molecule has 8 heavy (non-hydrogen) atoms. The summed E-state index contributed by atoms with van der Waals surface area (Å²) >= 11 is 7.93. The molecule has 0 amide bonds. The fraction of sp³-hybridized carbons (Fsp3) is 0.500. The van der Waals surface area contributed by atoms with Gasteiger partial charge in [0.05, 0.1) is 0 Å². The van der Waals surface area contributed by atoms with E-state index in [0.29, 0.717) is 0 Å². The van der Waals surface area contributed by atoms with Gasteiger partial charge in [0.1, 0.15) is 4.65 Å². The van der Waals surface area contributed by atoms with Crippen LogP contribution in [0, 0.1) is 0 Å². The lowest BCUT2D eigenvalue weighted by molar-refractivity contribution is -0.110. The second kappa shape index (κ2) is 4.22. The maximum atomic E-state index is 10.4. The Morgan fingerprint density at radius 1 is 1.38 bits per heavy atom. The Morgan fingerprint density at radius 2 is 1.75 bits per heavy atom. The molecule has 0 aliphatic carbocycles. The van der Waals surface area contributed by atoms with Crippen LogP contribution in [0.25, 0.3) is 0 Å². The van der Waals surface area contributed by atoms with Gasteiger partial charge >= 0.3 is 12.3 Å². The minimum atomic E-state index is -2.28. The summed E-state index contributed by atoms with van der Waals surface area (Å²) < 4.78 is -0.448. The van der Waals surface area contributed by atoms with Gasteiger partial charge in [-0.2, -0.15) is 0 Å². The van der Waals surface area contributed by atoms with Crippen molar-refractivity contribution in [1.29, 1.82) is 0 Å². The first-order chi connectivity index (χ1) is 3.55. The Kier molecular flexibility index (Phi) is 4.94. The van der Waals surface area contributed by atoms with Gasteiger partial charge in [0.2, 0.25) is 0 Å². The second-order valence-corrected chi connectivity index (χ2v) is 6.56. The number of hydrogen-bond donors (Lipinski definition) is 0. The summed E-state index contributed by atoms with van der Waals surface area (Å²) in [7, 11) is 10.4. The summed E-state index contributed by atoms with van der Waals surface area (Å²) in [4.78, 5) is 9.32. The van der Waals surface area contributed by atoms with Crippen molar-refractivity contribution in [2.45, 2.75) is 4.84 Å². The zero-order chi connectivity index (χ0) is 6.73. The number of carbonyl (C=O) groups excluding carboxylic acids is 1. The molecule has 0 saturated carbocycles. The molecule has 0 aromatic rings. The van der Waals surface area contributed by atoms with Gasteiger partial charge in [0.25, 0.3) is 0 Å². The Bertz CT molecular complexity index is 82.0. The first-order valence-electron chi connectivity index (χ1n) is 1.65. The summed E-state index contributed by atoms with van der Waals surface area (Å²) in [5.41, 5.74) is 0. The lowest BCUT2D eigenvalue weighted by Gasteiger charge is -1.93. The van der Waals surface area contributed by atoms with Crippen LogP contribution in [0.1, 0.15) is 0 Å². The van der Waals surface area contributed by atoms with E-state index in [1.807, 2.05) is 0 Å². The van der Waals surface area contributed by atoms with Crippen LogP contribution in [-0.4, -0.2) is 21.8 Å². The summed E-state index contributed by atoms with van der Waals surface area (Å²) in [5, 5.41) is 0. The highest BCUT2D eigenvalue weighted by Gasteiger charge is 2.27. The van der Waals surface area contributed by atoms with Gasteiger partial charge < -0.3 is 4.79 Å². The quantitative estimate of drug-likeness (QED) is 0.502. The summed E-state index contributed by atoms with van der Waals surface area (Å²) in [6.45, 7) is 0. The van der Waals surface area contributed by atoms with E-state index in [9.17, 15) is 4.79 Å². The van der Waals surface area contributed by atoms with Gasteiger partial charge in [0.15, 0.2) is 4.84 Å². The smallest absolute Gasteiger partial charge is 0.314 e. The van der Waals surface area contributed by atoms with Gasteiger partial charge in [-0.05, 0) is 0 Å². The molecule has 46 valence electrons. The van der Waals surface area contributed by atoms with Crippen molar-refractivity contribution in [3.8, 4) is 0 Å². The Labute approximate surface area is 69.6 Å². The number of hydrogen-bond acceptors (Lipinski definition) is 1. The van der Waals surface area contributed by atoms with Crippen molar-refractivity contribution in [1.82, 2.24) is 0 Å². The topological polar surface area (TPSA) is 17.1 Å². The monoisotopic (exact) mass is 208 g/mol. The minimum absolute atomic E-state index is 0.448. The van der Waals surface area contributed by atoms with Crippen LogP contribution in [0.3, 0.4) is 0 Å². The van der Waals surface area contributed by atoms with Crippen molar-refractivity contribution in [2.24, 2.45) is 0 Å². The van der Waals surface area contributed by atoms with Crippen LogP contribution < -0.4 is 0 Å². The molecule has 0 aliphatic rings. The van der Waals surface area contributed by atoms with E-state index in [1.54, 1.807) is 0 Å². The summed E-state index contributed by atoms with van der Waals surface area (Å²) in [6.07, 6.45) is 0. The van der Waals surface area contributed by atoms with E-state index in [-0.39, 0.29) is 0 Å². The first-order valence-corrected chi connectivity index (χ1v) is 6.60. The molecule has 0 aromatic carbocycles. The molecule has 0 aromatic heterocycles. The molecule has 0 spiro atoms. The van der Waals surface area contributed by atoms with E-state index in [1.165, 1.54) is 0 Å². The normalized spacial score (nSPS) is 9.62. The highest BCUT2D eigenvalue weighted by Crippen LogP contribution is 2.09. The Morgan fingerprint density at radius 3 is 1.75 bits per heavy atom. The molecular formula is C2HAlCl4O. The molecular weight excluding hydrogens is 209 g/mol. The molecule has 6 heteroatoms. The molecule has 0 aliphatic heterocycles. The number of halogens is 4. The lowest BCUT2D eigenvalue weighted by Crippen LogP contribution is -2.19. The summed E-state index contributed by atoms with van der Waals surface area (Å²) in [5.74, 6) is 0. The predicted octanol–water partition coefficient (Wildman–Crippen LogP) is 1.86. The third kappa shape index (κ3) is 3.40. The SMILES string of the molecule is O=[C](C(Cl)Cl)[Al]([Cl])[Cl]. The second-order valence-electron chi connectivity index (χ2n) is 1.00. The Hall–Kier alpha value is 1.36. The van der Waals surface area contributed by atoms with Crippen molar-refractivity contribution in [2.75, 3.05) is 0 Å². The fourth-order valence-corrected chi connectivity index (χ4v) is 2.57. The van der Waals surface area contributed by atoms with Crippen molar-refractivity contribution in [3.63, 3.8) is 0 Å². The molecule has 1 nitrogen and oxygen atoms in total. The maximum Gasteiger partial charge on any atom is 0.606 e. The highest BCUT2D eigenvalue weighted by molar-refractivity contribution is 7.47. The van der Waals surface area contributed by atoms with Crippen LogP contribution in [0.2, 0.25) is 0 Å². The zero-order valence-electron chi connectivity index (χ0n) is 3.57. The van der Waals surface area contributed by atoms with E-state index in [0.717, 1.165) is 0 Å². The average molecular weight is 210 g/mol. The highest BCUT2D eigenvalue weighted by atomic mass is 35.7. The minimum Gasteiger partial charge on any atom is -0.314 e. The molecule has 0 bridgehead atoms. The number of rotatable bonds is 2. The molecule has 0 rings (SSSR count). The molecule has 0 unspecified atom stereocenters. The molecule has 0 fully saturated rings. The van der Waals surface area contributed by atoms with Gasteiger partial charge in [-0.15, -0.1) is 0 Å². The average Bonchev–Trinajstić information content (AvgIpc) is 1.64. The van der Waals surface area contributed by atoms with Gasteiger partial charge in [0, 0.05) is 0 Å². The van der Waals surface area contributed by atoms with Crippen LogP contribution in [0.15, 0.2) is 0 Å². The third-order valence-corrected chi connectivity index (χ3v) is 3.34. The van der Waals surface area contributed by atoms with Crippen LogP contribution >= 0.6 is 43.3 Å². The maximum absolute atomic E-state index is 10.4. The van der Waals surface area contributed by atoms with E-state index >= 15 is 0 Å². The van der Waals surface area contributed by atoms with E-state index in [2.05, 4.69) is 0 Å². The summed E-state index contributed by atoms with van der Waals surface area (Å²) in [6, 6.07) is 0. The van der Waals surface area contributed by atoms with Gasteiger partial charge in [-0.3, -0.25) is 0 Å². The standard InChI is InChI=1S/C2HCl2O.Al.2ClH/c3-2(4)1-5;;;/h2H;;2*1H/q;+2;;/p-2. The van der Waals surface area contributed by atoms with Crippen molar-refractivity contribution in [3.05, 3.63) is 0 Å². The van der Waals surface area contributed by atoms with Gasteiger partial charge in [-0.25, -0.2) is 20.1 Å². The molecule has 0 saturated heterocycles. The van der Waals surface area contributed by atoms with Crippen LogP contribution in [0.4, 0.5) is 0 Å². The van der Waals surface area contributed by atoms with Crippen LogP contribution in [-0.2, 0) is 4.79 Å². The molecule has 0 radical (unpaired) electrons. The largest absolute Gasteiger partial charge is 0.606 e. The third-order valence-electron chi connectivity index (χ3n) is 0.430. The van der Waals surface area contributed by atoms with Crippen molar-refractivity contribution >= 4 is 60.3 Å². The number of alkyl halides is 2. The fourth-order valence-electron chi connectivity index (χ4n) is 0.0952. The molecule has 0 heterocycles. The van der Waals surface area contributed by atoms with Crippen molar-refractivity contribution < 1.29 is 4.79 Å². The molecule has 0 atom stereocenters. The van der Waals surface area contributed by atoms with E-state index < -0.39 is 21.8 Å². The molecule has 0 N–H and O–H groups in total. The van der Waals surface area contributed by atoms with E-state index in [4.69, 9.17) is 43.3 Å². The zero-order valence-corrected chi connectivity index (χ0v) is 7.75. The number of carbonyl (C=O) groups is 1. The Balaban J connectivity index is 3.65. The van der Waals surface area contributed by atoms with Crippen LogP contribution in [0.5, 0.6) is 0 Å². The predicted molar refractivity (Wildman–Crippen MR) is 38.0 cm³/mol.